The van der Waals surface area contributed by atoms with Crippen molar-refractivity contribution in [3.8, 4) is 5.75 Å². The molecular formula is C15H18BrFN4O. The number of nitrogens with one attached hydrogen (secondary N) is 2. The lowest BCUT2D eigenvalue weighted by Gasteiger charge is -2.33. The van der Waals surface area contributed by atoms with Crippen LogP contribution in [0.5, 0.6) is 5.75 Å². The summed E-state index contributed by atoms with van der Waals surface area (Å²) in [6, 6.07) is 1.75. The molecule has 0 radical (unpaired) electrons. The van der Waals surface area contributed by atoms with Crippen LogP contribution in [0.4, 0.5) is 4.39 Å². The molecule has 0 aliphatic carbocycles. The smallest absolute Gasteiger partial charge is 0.214 e. The summed E-state index contributed by atoms with van der Waals surface area (Å²) < 4.78 is 20.7. The highest BCUT2D eigenvalue weighted by atomic mass is 79.9. The normalized spacial score (nSPS) is 26.5. The third-order valence-electron chi connectivity index (χ3n) is 3.90. The summed E-state index contributed by atoms with van der Waals surface area (Å²) in [5.74, 6) is -0.488. The molecule has 7 heteroatoms. The van der Waals surface area contributed by atoms with Crippen molar-refractivity contribution in [3.05, 3.63) is 39.3 Å². The predicted octanol–water partition coefficient (Wildman–Crippen LogP) is 2.28. The lowest BCUT2D eigenvalue weighted by atomic mass is 9.97. The zero-order chi connectivity index (χ0) is 16.1. The van der Waals surface area contributed by atoms with E-state index in [1.165, 1.54) is 0 Å². The number of hydrogen-bond donors (Lipinski definition) is 3. The molecule has 1 aromatic carbocycles. The van der Waals surface area contributed by atoms with Gasteiger partial charge in [0, 0.05) is 24.2 Å². The van der Waals surface area contributed by atoms with E-state index >= 15 is 0 Å². The first-order valence-corrected chi connectivity index (χ1v) is 7.83. The second kappa shape index (κ2) is 5.24. The maximum Gasteiger partial charge on any atom is 0.214 e. The van der Waals surface area contributed by atoms with Gasteiger partial charge in [-0.1, -0.05) is 6.92 Å². The summed E-state index contributed by atoms with van der Waals surface area (Å²) in [7, 11) is 1.75. The van der Waals surface area contributed by atoms with Crippen LogP contribution < -0.4 is 21.1 Å². The molecule has 0 saturated carbocycles. The molecule has 2 atom stereocenters. The van der Waals surface area contributed by atoms with E-state index in [1.807, 2.05) is 19.9 Å². The fourth-order valence-electron chi connectivity index (χ4n) is 2.76. The largest absolute Gasteiger partial charge is 0.491 e. The summed E-state index contributed by atoms with van der Waals surface area (Å²) in [5.41, 5.74) is 8.39. The van der Waals surface area contributed by atoms with Gasteiger partial charge >= 0.3 is 0 Å². The Labute approximate surface area is 136 Å². The van der Waals surface area contributed by atoms with Gasteiger partial charge in [-0.25, -0.2) is 9.38 Å². The van der Waals surface area contributed by atoms with Crippen molar-refractivity contribution in [2.45, 2.75) is 25.6 Å². The molecule has 2 unspecified atom stereocenters. The Kier molecular flexibility index (Phi) is 3.65. The van der Waals surface area contributed by atoms with Crippen molar-refractivity contribution in [3.63, 3.8) is 0 Å². The maximum absolute atomic E-state index is 14.8. The number of nitrogens with two attached hydrogens (primary N) is 1. The van der Waals surface area contributed by atoms with E-state index in [2.05, 4.69) is 31.6 Å². The number of fused-ring (bicyclic) bond motifs is 1. The van der Waals surface area contributed by atoms with Crippen molar-refractivity contribution in [2.75, 3.05) is 13.7 Å². The van der Waals surface area contributed by atoms with Crippen LogP contribution in [0.1, 0.15) is 30.9 Å². The van der Waals surface area contributed by atoms with E-state index in [1.54, 1.807) is 13.1 Å². The van der Waals surface area contributed by atoms with Gasteiger partial charge in [-0.2, -0.15) is 0 Å². The Balaban J connectivity index is 2.17. The quantitative estimate of drug-likeness (QED) is 0.710. The number of ether oxygens (including phenoxy) is 1. The van der Waals surface area contributed by atoms with Crippen molar-refractivity contribution < 1.29 is 9.13 Å². The van der Waals surface area contributed by atoms with Gasteiger partial charge in [-0.3, -0.25) is 5.73 Å². The summed E-state index contributed by atoms with van der Waals surface area (Å²) in [6.45, 7) is 4.43. The number of benzene rings is 1. The van der Waals surface area contributed by atoms with Crippen LogP contribution >= 0.6 is 15.9 Å². The van der Waals surface area contributed by atoms with E-state index in [0.717, 1.165) is 11.3 Å². The molecule has 1 aromatic rings. The molecule has 2 heterocycles. The zero-order valence-corrected chi connectivity index (χ0v) is 14.2. The minimum absolute atomic E-state index is 0.183. The average molecular weight is 369 g/mol. The minimum atomic E-state index is -1.36. The predicted molar refractivity (Wildman–Crippen MR) is 87.3 cm³/mol. The SMILES string of the molecule is CNC1=NC(N)(c2cc3c(c(Br)c2F)OCC3C)NC(C)=C1. The van der Waals surface area contributed by atoms with Gasteiger partial charge in [0.1, 0.15) is 17.4 Å². The van der Waals surface area contributed by atoms with Crippen molar-refractivity contribution in [1.82, 2.24) is 10.6 Å². The first-order valence-electron chi connectivity index (χ1n) is 7.04. The van der Waals surface area contributed by atoms with Crippen LogP contribution in [-0.2, 0) is 5.79 Å². The number of halogens is 2. The molecule has 2 aliphatic rings. The number of aliphatic imine (C=N–C) groups is 1. The molecular weight excluding hydrogens is 351 g/mol. The van der Waals surface area contributed by atoms with Crippen LogP contribution in [0.3, 0.4) is 0 Å². The number of nitrogens with zero attached hydrogens (tertiary/aromatic N) is 1. The first-order chi connectivity index (χ1) is 10.4. The maximum atomic E-state index is 14.8. The average Bonchev–Trinajstić information content (AvgIpc) is 2.83. The van der Waals surface area contributed by atoms with Gasteiger partial charge < -0.3 is 15.4 Å². The molecule has 0 fully saturated rings. The minimum Gasteiger partial charge on any atom is -0.491 e. The van der Waals surface area contributed by atoms with Crippen molar-refractivity contribution >= 4 is 21.8 Å². The van der Waals surface area contributed by atoms with Gasteiger partial charge in [-0.05, 0) is 35.0 Å². The summed E-state index contributed by atoms with van der Waals surface area (Å²) >= 11 is 3.29. The second-order valence-corrected chi connectivity index (χ2v) is 6.44. The number of amidine groups is 1. The third kappa shape index (κ3) is 2.28. The van der Waals surface area contributed by atoms with Crippen LogP contribution in [0.15, 0.2) is 27.3 Å². The Morgan fingerprint density at radius 2 is 2.32 bits per heavy atom. The molecule has 2 aliphatic heterocycles. The van der Waals surface area contributed by atoms with Crippen LogP contribution in [0, 0.1) is 5.82 Å². The zero-order valence-electron chi connectivity index (χ0n) is 12.6. The molecule has 0 spiro atoms. The Bertz CT molecular complexity index is 703. The van der Waals surface area contributed by atoms with E-state index in [-0.39, 0.29) is 11.5 Å². The number of likely N-dealkylation sites (N-methyl/N-ethyl adjacent to an activating group) is 1. The van der Waals surface area contributed by atoms with Gasteiger partial charge in [0.25, 0.3) is 0 Å². The highest BCUT2D eigenvalue weighted by molar-refractivity contribution is 9.10. The van der Waals surface area contributed by atoms with Crippen molar-refractivity contribution in [1.29, 1.82) is 0 Å². The van der Waals surface area contributed by atoms with Crippen molar-refractivity contribution in [2.24, 2.45) is 10.7 Å². The second-order valence-electron chi connectivity index (χ2n) is 5.65. The van der Waals surface area contributed by atoms with Gasteiger partial charge in [0.15, 0.2) is 0 Å². The van der Waals surface area contributed by atoms with Crippen LogP contribution in [0.2, 0.25) is 0 Å². The van der Waals surface area contributed by atoms with E-state index in [4.69, 9.17) is 10.5 Å². The molecule has 4 N–H and O–H groups in total. The summed E-state index contributed by atoms with van der Waals surface area (Å²) in [5, 5.41) is 6.01. The molecule has 0 amide bonds. The standard InChI is InChI=1S/C15H18BrFN4O/c1-7-6-22-14-9(7)5-10(13(17)12(14)16)15(18)20-8(2)4-11(19-3)21-15/h4-5,7,20H,6,18H2,1-3H3,(H,19,21). The molecule has 0 bridgehead atoms. The fourth-order valence-corrected chi connectivity index (χ4v) is 3.32. The molecule has 0 aromatic heterocycles. The van der Waals surface area contributed by atoms with Crippen LogP contribution in [-0.4, -0.2) is 19.5 Å². The fraction of sp³-hybridized carbons (Fsp3) is 0.400. The summed E-state index contributed by atoms with van der Waals surface area (Å²) in [4.78, 5) is 4.40. The molecule has 3 rings (SSSR count). The highest BCUT2D eigenvalue weighted by Crippen LogP contribution is 2.44. The topological polar surface area (TPSA) is 71.7 Å². The first kappa shape index (κ1) is 15.3. The van der Waals surface area contributed by atoms with E-state index < -0.39 is 11.6 Å². The van der Waals surface area contributed by atoms with E-state index in [9.17, 15) is 4.39 Å². The Morgan fingerprint density at radius 1 is 1.59 bits per heavy atom. The Hall–Kier alpha value is -1.60. The lowest BCUT2D eigenvalue weighted by molar-refractivity contribution is 0.333. The number of rotatable bonds is 1. The highest BCUT2D eigenvalue weighted by Gasteiger charge is 2.37. The van der Waals surface area contributed by atoms with E-state index in [0.29, 0.717) is 22.7 Å². The molecule has 5 nitrogen and oxygen atoms in total. The number of allylic oxidation sites excluding steroid dienone is 1. The lowest BCUT2D eigenvalue weighted by Crippen LogP contribution is -2.52. The number of hydrogen-bond acceptors (Lipinski definition) is 5. The van der Waals surface area contributed by atoms with Crippen LogP contribution in [0.25, 0.3) is 0 Å². The summed E-state index contributed by atoms with van der Waals surface area (Å²) in [6.07, 6.45) is 1.82. The molecule has 118 valence electrons. The Morgan fingerprint density at radius 3 is 3.00 bits per heavy atom. The van der Waals surface area contributed by atoms with Gasteiger partial charge in [-0.15, -0.1) is 0 Å². The molecule has 0 saturated heterocycles. The third-order valence-corrected chi connectivity index (χ3v) is 4.61. The molecule has 22 heavy (non-hydrogen) atoms. The van der Waals surface area contributed by atoms with Gasteiger partial charge in [0.05, 0.1) is 16.6 Å². The van der Waals surface area contributed by atoms with Gasteiger partial charge in [0.2, 0.25) is 5.79 Å². The monoisotopic (exact) mass is 368 g/mol.